The van der Waals surface area contributed by atoms with Crippen molar-refractivity contribution >= 4 is 11.7 Å². The van der Waals surface area contributed by atoms with Crippen LogP contribution in [0.3, 0.4) is 0 Å². The van der Waals surface area contributed by atoms with Crippen molar-refractivity contribution in [2.45, 2.75) is 6.43 Å². The summed E-state index contributed by atoms with van der Waals surface area (Å²) in [5, 5.41) is 10.4. The Labute approximate surface area is 92.2 Å². The number of halogens is 3. The van der Waals surface area contributed by atoms with Gasteiger partial charge in [-0.2, -0.15) is 4.39 Å². The van der Waals surface area contributed by atoms with Crippen LogP contribution in [0.25, 0.3) is 0 Å². The molecule has 0 bridgehead atoms. The normalized spacial score (nSPS) is 10.4. The monoisotopic (exact) mass is 250 g/mol. The highest BCUT2D eigenvalue weighted by Crippen LogP contribution is 2.30. The molecule has 0 N–H and O–H groups in total. The van der Waals surface area contributed by atoms with Gasteiger partial charge in [0.1, 0.15) is 5.56 Å². The summed E-state index contributed by atoms with van der Waals surface area (Å²) in [5.74, 6) is -2.92. The molecule has 1 aromatic rings. The average Bonchev–Trinajstić information content (AvgIpc) is 2.26. The maximum Gasteiger partial charge on any atom is 0.356 e. The van der Waals surface area contributed by atoms with E-state index in [4.69, 9.17) is 0 Å². The van der Waals surface area contributed by atoms with Crippen LogP contribution in [-0.2, 0) is 4.74 Å². The Bertz CT molecular complexity index is 478. The first-order valence-electron chi connectivity index (χ1n) is 4.09. The first-order valence-corrected chi connectivity index (χ1v) is 4.09. The fraction of sp³-hybridized carbons (Fsp3) is 0.250. The molecule has 1 heterocycles. The lowest BCUT2D eigenvalue weighted by molar-refractivity contribution is -0.389. The number of hydrogen-bond acceptors (Lipinski definition) is 5. The van der Waals surface area contributed by atoms with Gasteiger partial charge in [0.05, 0.1) is 12.0 Å². The van der Waals surface area contributed by atoms with Crippen LogP contribution in [0.15, 0.2) is 6.07 Å². The Morgan fingerprint density at radius 3 is 2.59 bits per heavy atom. The molecular weight excluding hydrogens is 245 g/mol. The summed E-state index contributed by atoms with van der Waals surface area (Å²) in [5.41, 5.74) is -3.43. The van der Waals surface area contributed by atoms with Gasteiger partial charge < -0.3 is 4.74 Å². The van der Waals surface area contributed by atoms with Gasteiger partial charge in [-0.1, -0.05) is 0 Å². The molecule has 0 unspecified atom stereocenters. The average molecular weight is 250 g/mol. The van der Waals surface area contributed by atoms with E-state index >= 15 is 0 Å². The minimum atomic E-state index is -3.31. The second-order valence-electron chi connectivity index (χ2n) is 2.79. The number of pyridine rings is 1. The van der Waals surface area contributed by atoms with Crippen molar-refractivity contribution in [3.8, 4) is 0 Å². The van der Waals surface area contributed by atoms with Crippen molar-refractivity contribution in [1.82, 2.24) is 4.98 Å². The molecule has 0 aliphatic rings. The second kappa shape index (κ2) is 4.76. The SMILES string of the molecule is COC(=O)c1cc(C(F)F)c([N+](=O)[O-])c(F)n1. The summed E-state index contributed by atoms with van der Waals surface area (Å²) >= 11 is 0. The van der Waals surface area contributed by atoms with Gasteiger partial charge in [0.25, 0.3) is 12.4 Å². The van der Waals surface area contributed by atoms with Crippen LogP contribution < -0.4 is 0 Å². The van der Waals surface area contributed by atoms with Crippen molar-refractivity contribution in [3.05, 3.63) is 33.4 Å². The molecule has 0 spiro atoms. The van der Waals surface area contributed by atoms with Crippen molar-refractivity contribution in [2.75, 3.05) is 7.11 Å². The van der Waals surface area contributed by atoms with Crippen LogP contribution in [0, 0.1) is 16.1 Å². The Balaban J connectivity index is 3.46. The number of hydrogen-bond donors (Lipinski definition) is 0. The van der Waals surface area contributed by atoms with Crippen LogP contribution in [0.4, 0.5) is 18.9 Å². The Morgan fingerprint density at radius 2 is 2.18 bits per heavy atom. The van der Waals surface area contributed by atoms with Gasteiger partial charge in [0.2, 0.25) is 0 Å². The number of carbonyl (C=O) groups excluding carboxylic acids is 1. The fourth-order valence-corrected chi connectivity index (χ4v) is 1.08. The molecule has 1 aromatic heterocycles. The maximum atomic E-state index is 13.1. The van der Waals surface area contributed by atoms with E-state index in [0.717, 1.165) is 7.11 Å². The van der Waals surface area contributed by atoms with E-state index in [0.29, 0.717) is 6.07 Å². The number of nitrogens with zero attached hydrogens (tertiary/aromatic N) is 2. The molecule has 92 valence electrons. The molecule has 0 fully saturated rings. The van der Waals surface area contributed by atoms with E-state index < -0.39 is 40.2 Å². The number of carbonyl (C=O) groups is 1. The fourth-order valence-electron chi connectivity index (χ4n) is 1.08. The number of esters is 1. The summed E-state index contributed by atoms with van der Waals surface area (Å²) in [6.45, 7) is 0. The van der Waals surface area contributed by atoms with E-state index in [1.165, 1.54) is 0 Å². The molecule has 0 amide bonds. The molecule has 9 heteroatoms. The van der Waals surface area contributed by atoms with Gasteiger partial charge in [-0.25, -0.2) is 18.6 Å². The third-order valence-corrected chi connectivity index (χ3v) is 1.79. The summed E-state index contributed by atoms with van der Waals surface area (Å²) in [6.07, 6.45) is -3.31. The number of alkyl halides is 2. The molecule has 0 aromatic carbocycles. The molecule has 0 atom stereocenters. The minimum Gasteiger partial charge on any atom is -0.464 e. The molecule has 0 saturated heterocycles. The molecule has 0 saturated carbocycles. The van der Waals surface area contributed by atoms with Crippen LogP contribution in [0.1, 0.15) is 22.5 Å². The highest BCUT2D eigenvalue weighted by molar-refractivity contribution is 5.87. The first kappa shape index (κ1) is 12.9. The van der Waals surface area contributed by atoms with Crippen molar-refractivity contribution in [1.29, 1.82) is 0 Å². The van der Waals surface area contributed by atoms with E-state index in [2.05, 4.69) is 9.72 Å². The third kappa shape index (κ3) is 2.49. The van der Waals surface area contributed by atoms with Gasteiger partial charge in [-0.3, -0.25) is 10.1 Å². The minimum absolute atomic E-state index is 0.428. The molecule has 0 aliphatic carbocycles. The van der Waals surface area contributed by atoms with Crippen molar-refractivity contribution in [3.63, 3.8) is 0 Å². The second-order valence-corrected chi connectivity index (χ2v) is 2.79. The molecule has 1 rings (SSSR count). The van der Waals surface area contributed by atoms with Crippen molar-refractivity contribution in [2.24, 2.45) is 0 Å². The van der Waals surface area contributed by atoms with Gasteiger partial charge in [0, 0.05) is 0 Å². The molecular formula is C8H5F3N2O4. The topological polar surface area (TPSA) is 82.3 Å². The lowest BCUT2D eigenvalue weighted by atomic mass is 10.2. The van der Waals surface area contributed by atoms with Gasteiger partial charge in [-0.15, -0.1) is 0 Å². The standard InChI is InChI=1S/C8H5F3N2O4/c1-17-8(14)4-2-3(6(9)10)5(13(15)16)7(11)12-4/h2,6H,1H3. The highest BCUT2D eigenvalue weighted by atomic mass is 19.3. The van der Waals surface area contributed by atoms with E-state index in [1.807, 2.05) is 0 Å². The Hall–Kier alpha value is -2.19. The lowest BCUT2D eigenvalue weighted by Gasteiger charge is -2.04. The number of methoxy groups -OCH3 is 1. The van der Waals surface area contributed by atoms with Gasteiger partial charge in [0.15, 0.2) is 5.69 Å². The molecule has 6 nitrogen and oxygen atoms in total. The zero-order valence-corrected chi connectivity index (χ0v) is 8.32. The number of ether oxygens (including phenoxy) is 1. The quantitative estimate of drug-likeness (QED) is 0.354. The number of nitro groups is 1. The molecule has 0 radical (unpaired) electrons. The van der Waals surface area contributed by atoms with Crippen LogP contribution >= 0.6 is 0 Å². The van der Waals surface area contributed by atoms with E-state index in [9.17, 15) is 28.1 Å². The van der Waals surface area contributed by atoms with Gasteiger partial charge >= 0.3 is 11.7 Å². The number of aromatic nitrogens is 1. The zero-order chi connectivity index (χ0) is 13.2. The first-order chi connectivity index (χ1) is 7.88. The van der Waals surface area contributed by atoms with Gasteiger partial charge in [-0.05, 0) is 6.07 Å². The predicted octanol–water partition coefficient (Wildman–Crippen LogP) is 1.85. The predicted molar refractivity (Wildman–Crippen MR) is 47.1 cm³/mol. The smallest absolute Gasteiger partial charge is 0.356 e. The molecule has 0 aliphatic heterocycles. The number of rotatable bonds is 3. The summed E-state index contributed by atoms with van der Waals surface area (Å²) in [6, 6.07) is 0.428. The highest BCUT2D eigenvalue weighted by Gasteiger charge is 2.30. The Morgan fingerprint density at radius 1 is 1.59 bits per heavy atom. The largest absolute Gasteiger partial charge is 0.464 e. The molecule has 17 heavy (non-hydrogen) atoms. The van der Waals surface area contributed by atoms with E-state index in [-0.39, 0.29) is 0 Å². The van der Waals surface area contributed by atoms with Crippen LogP contribution in [0.2, 0.25) is 0 Å². The lowest BCUT2D eigenvalue weighted by Crippen LogP contribution is -2.10. The summed E-state index contributed by atoms with van der Waals surface area (Å²) < 4.78 is 42.2. The van der Waals surface area contributed by atoms with Crippen molar-refractivity contribution < 1.29 is 27.6 Å². The maximum absolute atomic E-state index is 13.1. The van der Waals surface area contributed by atoms with Crippen LogP contribution in [-0.4, -0.2) is 23.0 Å². The summed E-state index contributed by atoms with van der Waals surface area (Å²) in [4.78, 5) is 22.9. The Kier molecular flexibility index (Phi) is 3.61. The summed E-state index contributed by atoms with van der Waals surface area (Å²) in [7, 11) is 0.936. The van der Waals surface area contributed by atoms with E-state index in [1.54, 1.807) is 0 Å². The zero-order valence-electron chi connectivity index (χ0n) is 8.32. The van der Waals surface area contributed by atoms with Crippen LogP contribution in [0.5, 0.6) is 0 Å². The third-order valence-electron chi connectivity index (χ3n) is 1.79.